The van der Waals surface area contributed by atoms with Crippen LogP contribution in [0.2, 0.25) is 0 Å². The Bertz CT molecular complexity index is 630. The Labute approximate surface area is 144 Å². The molecule has 0 bridgehead atoms. The lowest BCUT2D eigenvalue weighted by Gasteiger charge is -2.22. The van der Waals surface area contributed by atoms with Crippen molar-refractivity contribution in [3.63, 3.8) is 0 Å². The van der Waals surface area contributed by atoms with E-state index in [1.807, 2.05) is 41.3 Å². The zero-order valence-corrected chi connectivity index (χ0v) is 14.0. The Hall–Kier alpha value is -2.33. The van der Waals surface area contributed by atoms with Gasteiger partial charge in [0.2, 0.25) is 0 Å². The molecule has 0 spiro atoms. The molecule has 1 aliphatic rings. The van der Waals surface area contributed by atoms with Crippen molar-refractivity contribution in [1.29, 1.82) is 0 Å². The van der Waals surface area contributed by atoms with Crippen LogP contribution < -0.4 is 5.32 Å². The first kappa shape index (κ1) is 16.5. The highest BCUT2D eigenvalue weighted by atomic mass is 16.2. The van der Waals surface area contributed by atoms with Gasteiger partial charge in [0, 0.05) is 39.3 Å². The maximum atomic E-state index is 12.4. The predicted molar refractivity (Wildman–Crippen MR) is 96.6 cm³/mol. The molecule has 0 atom stereocenters. The van der Waals surface area contributed by atoms with Gasteiger partial charge in [-0.2, -0.15) is 0 Å². The van der Waals surface area contributed by atoms with Crippen LogP contribution >= 0.6 is 0 Å². The first-order chi connectivity index (χ1) is 11.8. The largest absolute Gasteiger partial charge is 0.334 e. The Balaban J connectivity index is 1.47. The number of rotatable bonds is 4. The van der Waals surface area contributed by atoms with Crippen LogP contribution in [0.4, 0.5) is 4.79 Å². The second-order valence-corrected chi connectivity index (χ2v) is 6.25. The van der Waals surface area contributed by atoms with E-state index < -0.39 is 0 Å². The summed E-state index contributed by atoms with van der Waals surface area (Å²) in [6, 6.07) is 20.6. The van der Waals surface area contributed by atoms with Crippen molar-refractivity contribution < 1.29 is 4.79 Å². The third-order valence-corrected chi connectivity index (χ3v) is 4.41. The summed E-state index contributed by atoms with van der Waals surface area (Å²) < 4.78 is 0. The molecule has 1 aliphatic heterocycles. The van der Waals surface area contributed by atoms with Gasteiger partial charge >= 0.3 is 6.03 Å². The van der Waals surface area contributed by atoms with Gasteiger partial charge < -0.3 is 10.2 Å². The van der Waals surface area contributed by atoms with E-state index in [0.717, 1.165) is 44.7 Å². The number of carbonyl (C=O) groups excluding carboxylic acids is 1. The second kappa shape index (κ2) is 8.50. The highest BCUT2D eigenvalue weighted by Gasteiger charge is 2.18. The first-order valence-corrected chi connectivity index (χ1v) is 8.64. The van der Waals surface area contributed by atoms with Crippen LogP contribution in [0, 0.1) is 0 Å². The van der Waals surface area contributed by atoms with Gasteiger partial charge in [-0.25, -0.2) is 4.79 Å². The molecular formula is C20H25N3O. The molecule has 2 aromatic carbocycles. The van der Waals surface area contributed by atoms with Gasteiger partial charge in [-0.15, -0.1) is 0 Å². The first-order valence-electron chi connectivity index (χ1n) is 8.64. The van der Waals surface area contributed by atoms with Crippen molar-refractivity contribution in [2.24, 2.45) is 0 Å². The van der Waals surface area contributed by atoms with E-state index in [0.29, 0.717) is 6.54 Å². The Morgan fingerprint density at radius 1 is 0.833 bits per heavy atom. The predicted octanol–water partition coefficient (Wildman–Crippen LogP) is 3.10. The summed E-state index contributed by atoms with van der Waals surface area (Å²) in [5.74, 6) is 0. The molecule has 1 fully saturated rings. The van der Waals surface area contributed by atoms with Crippen LogP contribution in [-0.4, -0.2) is 42.0 Å². The molecule has 2 aromatic rings. The standard InChI is InChI=1S/C20H25N3O/c24-20(21-16-18-8-3-1-4-9-18)23-13-7-12-22(14-15-23)17-19-10-5-2-6-11-19/h1-6,8-11H,7,12-17H2,(H,21,24). The van der Waals surface area contributed by atoms with Crippen LogP contribution in [0.15, 0.2) is 60.7 Å². The third-order valence-electron chi connectivity index (χ3n) is 4.41. The third kappa shape index (κ3) is 4.83. The Morgan fingerprint density at radius 3 is 2.21 bits per heavy atom. The topological polar surface area (TPSA) is 35.6 Å². The molecule has 4 nitrogen and oxygen atoms in total. The summed E-state index contributed by atoms with van der Waals surface area (Å²) in [4.78, 5) is 16.8. The molecule has 0 unspecified atom stereocenters. The quantitative estimate of drug-likeness (QED) is 0.938. The van der Waals surface area contributed by atoms with Crippen molar-refractivity contribution in [3.8, 4) is 0 Å². The molecule has 1 N–H and O–H groups in total. The number of carbonyl (C=O) groups is 1. The molecule has 1 heterocycles. The van der Waals surface area contributed by atoms with E-state index in [2.05, 4.69) is 34.5 Å². The van der Waals surface area contributed by atoms with E-state index in [1.165, 1.54) is 5.56 Å². The summed E-state index contributed by atoms with van der Waals surface area (Å²) in [5, 5.41) is 3.03. The van der Waals surface area contributed by atoms with Crippen LogP contribution in [-0.2, 0) is 13.1 Å². The second-order valence-electron chi connectivity index (χ2n) is 6.25. The van der Waals surface area contributed by atoms with Crippen LogP contribution in [0.25, 0.3) is 0 Å². The molecule has 0 saturated carbocycles. The molecule has 3 rings (SSSR count). The summed E-state index contributed by atoms with van der Waals surface area (Å²) in [6.45, 7) is 5.12. The molecular weight excluding hydrogens is 298 g/mol. The number of benzene rings is 2. The van der Waals surface area contributed by atoms with E-state index in [1.54, 1.807) is 0 Å². The van der Waals surface area contributed by atoms with Gasteiger partial charge in [0.1, 0.15) is 0 Å². The van der Waals surface area contributed by atoms with Crippen LogP contribution in [0.1, 0.15) is 17.5 Å². The SMILES string of the molecule is O=C(NCc1ccccc1)N1CCCN(Cc2ccccc2)CC1. The molecule has 0 radical (unpaired) electrons. The number of nitrogens with one attached hydrogen (secondary N) is 1. The van der Waals surface area contributed by atoms with Crippen molar-refractivity contribution >= 4 is 6.03 Å². The summed E-state index contributed by atoms with van der Waals surface area (Å²) in [7, 11) is 0. The highest BCUT2D eigenvalue weighted by molar-refractivity contribution is 5.74. The number of hydrogen-bond donors (Lipinski definition) is 1. The summed E-state index contributed by atoms with van der Waals surface area (Å²) >= 11 is 0. The van der Waals surface area contributed by atoms with Crippen LogP contribution in [0.5, 0.6) is 0 Å². The van der Waals surface area contributed by atoms with Crippen LogP contribution in [0.3, 0.4) is 0 Å². The Morgan fingerprint density at radius 2 is 1.50 bits per heavy atom. The number of urea groups is 1. The zero-order chi connectivity index (χ0) is 16.6. The normalized spacial score (nSPS) is 15.8. The molecule has 0 aliphatic carbocycles. The summed E-state index contributed by atoms with van der Waals surface area (Å²) in [5.41, 5.74) is 2.46. The summed E-state index contributed by atoms with van der Waals surface area (Å²) in [6.07, 6.45) is 1.02. The van der Waals surface area contributed by atoms with Gasteiger partial charge in [0.25, 0.3) is 0 Å². The molecule has 2 amide bonds. The lowest BCUT2D eigenvalue weighted by atomic mass is 10.2. The smallest absolute Gasteiger partial charge is 0.317 e. The fourth-order valence-electron chi connectivity index (χ4n) is 3.06. The fraction of sp³-hybridized carbons (Fsp3) is 0.350. The van der Waals surface area contributed by atoms with E-state index in [-0.39, 0.29) is 6.03 Å². The lowest BCUT2D eigenvalue weighted by molar-refractivity contribution is 0.197. The van der Waals surface area contributed by atoms with Gasteiger partial charge in [0.05, 0.1) is 0 Å². The number of nitrogens with zero attached hydrogens (tertiary/aromatic N) is 2. The van der Waals surface area contributed by atoms with Gasteiger partial charge in [-0.05, 0) is 17.5 Å². The average Bonchev–Trinajstić information content (AvgIpc) is 2.87. The average molecular weight is 323 g/mol. The van der Waals surface area contributed by atoms with Gasteiger partial charge in [-0.3, -0.25) is 4.90 Å². The number of amides is 2. The molecule has 126 valence electrons. The molecule has 0 aromatic heterocycles. The van der Waals surface area contributed by atoms with E-state index >= 15 is 0 Å². The monoisotopic (exact) mass is 323 g/mol. The number of hydrogen-bond acceptors (Lipinski definition) is 2. The van der Waals surface area contributed by atoms with Crippen molar-refractivity contribution in [2.75, 3.05) is 26.2 Å². The minimum atomic E-state index is 0.0421. The minimum Gasteiger partial charge on any atom is -0.334 e. The molecule has 24 heavy (non-hydrogen) atoms. The zero-order valence-electron chi connectivity index (χ0n) is 14.0. The maximum Gasteiger partial charge on any atom is 0.317 e. The van der Waals surface area contributed by atoms with E-state index in [9.17, 15) is 4.79 Å². The highest BCUT2D eigenvalue weighted by Crippen LogP contribution is 2.09. The maximum absolute atomic E-state index is 12.4. The van der Waals surface area contributed by atoms with Gasteiger partial charge in [-0.1, -0.05) is 60.7 Å². The molecule has 4 heteroatoms. The van der Waals surface area contributed by atoms with Crippen molar-refractivity contribution in [1.82, 2.24) is 15.1 Å². The van der Waals surface area contributed by atoms with Gasteiger partial charge in [0.15, 0.2) is 0 Å². The lowest BCUT2D eigenvalue weighted by Crippen LogP contribution is -2.41. The van der Waals surface area contributed by atoms with E-state index in [4.69, 9.17) is 0 Å². The molecule has 1 saturated heterocycles. The minimum absolute atomic E-state index is 0.0421. The Kier molecular flexibility index (Phi) is 5.85. The van der Waals surface area contributed by atoms with Crippen molar-refractivity contribution in [3.05, 3.63) is 71.8 Å². The fourth-order valence-corrected chi connectivity index (χ4v) is 3.06. The van der Waals surface area contributed by atoms with Crippen molar-refractivity contribution in [2.45, 2.75) is 19.5 Å².